The van der Waals surface area contributed by atoms with Crippen LogP contribution in [0.1, 0.15) is 17.7 Å². The minimum Gasteiger partial charge on any atom is -0.456 e. The zero-order chi connectivity index (χ0) is 13.5. The molecule has 19 heavy (non-hydrogen) atoms. The number of ether oxygens (including phenoxy) is 1. The number of benzene rings is 1. The molecule has 0 unspecified atom stereocenters. The van der Waals surface area contributed by atoms with Crippen molar-refractivity contribution in [1.82, 2.24) is 5.32 Å². The molecule has 1 N–H and O–H groups in total. The summed E-state index contributed by atoms with van der Waals surface area (Å²) >= 11 is 0. The second-order valence-electron chi connectivity index (χ2n) is 4.58. The maximum atomic E-state index is 5.82. The van der Waals surface area contributed by atoms with E-state index in [0.29, 0.717) is 0 Å². The number of methoxy groups -OCH3 is 1. The molecule has 0 atom stereocenters. The molecule has 0 fully saturated rings. The van der Waals surface area contributed by atoms with E-state index < -0.39 is 0 Å². The molecular formula is C16H21NO2. The van der Waals surface area contributed by atoms with Gasteiger partial charge in [0.1, 0.15) is 11.3 Å². The summed E-state index contributed by atoms with van der Waals surface area (Å²) in [6.07, 6.45) is 5.16. The second-order valence-corrected chi connectivity index (χ2v) is 4.58. The monoisotopic (exact) mass is 259 g/mol. The Balaban J connectivity index is 1.85. The number of aryl methyl sites for hydroxylation is 1. The van der Waals surface area contributed by atoms with Crippen LogP contribution in [-0.2, 0) is 4.74 Å². The first-order valence-electron chi connectivity index (χ1n) is 6.66. The van der Waals surface area contributed by atoms with Gasteiger partial charge in [-0.05, 0) is 37.6 Å². The number of hydrogen-bond acceptors (Lipinski definition) is 3. The lowest BCUT2D eigenvalue weighted by Gasteiger charge is -2.00. The van der Waals surface area contributed by atoms with E-state index >= 15 is 0 Å². The maximum Gasteiger partial charge on any atom is 0.137 e. The molecule has 1 aromatic heterocycles. The van der Waals surface area contributed by atoms with Crippen LogP contribution in [0.3, 0.4) is 0 Å². The minimum absolute atomic E-state index is 0.757. The zero-order valence-electron chi connectivity index (χ0n) is 11.6. The van der Waals surface area contributed by atoms with E-state index in [1.54, 1.807) is 7.11 Å². The molecular weight excluding hydrogens is 238 g/mol. The van der Waals surface area contributed by atoms with Crippen LogP contribution >= 0.6 is 0 Å². The molecule has 0 aliphatic heterocycles. The smallest absolute Gasteiger partial charge is 0.137 e. The maximum absolute atomic E-state index is 5.82. The van der Waals surface area contributed by atoms with Crippen molar-refractivity contribution in [3.05, 3.63) is 41.7 Å². The van der Waals surface area contributed by atoms with Crippen LogP contribution in [0.5, 0.6) is 0 Å². The van der Waals surface area contributed by atoms with E-state index in [0.717, 1.165) is 42.8 Å². The third kappa shape index (κ3) is 3.94. The van der Waals surface area contributed by atoms with Crippen LogP contribution in [0.15, 0.2) is 34.8 Å². The van der Waals surface area contributed by atoms with Gasteiger partial charge in [-0.2, -0.15) is 0 Å². The minimum atomic E-state index is 0.757. The van der Waals surface area contributed by atoms with Crippen molar-refractivity contribution in [3.8, 4) is 0 Å². The SMILES string of the molecule is COCCNCC/C=C/c1cc2cccc(C)c2o1. The summed E-state index contributed by atoms with van der Waals surface area (Å²) in [5.74, 6) is 0.918. The Kier molecular flexibility index (Phi) is 5.19. The van der Waals surface area contributed by atoms with Crippen LogP contribution < -0.4 is 5.32 Å². The molecule has 2 rings (SSSR count). The largest absolute Gasteiger partial charge is 0.456 e. The number of fused-ring (bicyclic) bond motifs is 1. The average molecular weight is 259 g/mol. The topological polar surface area (TPSA) is 34.4 Å². The standard InChI is InChI=1S/C16H21NO2/c1-13-6-5-7-14-12-15(19-16(13)14)8-3-4-9-17-10-11-18-2/h3,5-8,12,17H,4,9-11H2,1-2H3/b8-3+. The summed E-state index contributed by atoms with van der Waals surface area (Å²) < 4.78 is 10.8. The molecule has 0 amide bonds. The van der Waals surface area contributed by atoms with E-state index in [-0.39, 0.29) is 0 Å². The molecule has 0 aliphatic rings. The quantitative estimate of drug-likeness (QED) is 0.774. The molecule has 102 valence electrons. The fourth-order valence-corrected chi connectivity index (χ4v) is 2.00. The third-order valence-electron chi connectivity index (χ3n) is 3.01. The van der Waals surface area contributed by atoms with Gasteiger partial charge in [0.15, 0.2) is 0 Å². The van der Waals surface area contributed by atoms with E-state index in [1.807, 2.05) is 6.08 Å². The molecule has 0 radical (unpaired) electrons. The predicted octanol–water partition coefficient (Wildman–Crippen LogP) is 3.38. The van der Waals surface area contributed by atoms with Crippen molar-refractivity contribution >= 4 is 17.0 Å². The summed E-state index contributed by atoms with van der Waals surface area (Å²) in [4.78, 5) is 0. The fraction of sp³-hybridized carbons (Fsp3) is 0.375. The van der Waals surface area contributed by atoms with Gasteiger partial charge < -0.3 is 14.5 Å². The Morgan fingerprint density at radius 2 is 2.21 bits per heavy atom. The van der Waals surface area contributed by atoms with Crippen molar-refractivity contribution in [2.24, 2.45) is 0 Å². The molecule has 0 aliphatic carbocycles. The van der Waals surface area contributed by atoms with Crippen LogP contribution in [0.4, 0.5) is 0 Å². The van der Waals surface area contributed by atoms with Crippen LogP contribution in [-0.4, -0.2) is 26.8 Å². The number of hydrogen-bond donors (Lipinski definition) is 1. The molecule has 0 saturated carbocycles. The summed E-state index contributed by atoms with van der Waals surface area (Å²) in [6, 6.07) is 8.28. The van der Waals surface area contributed by atoms with Gasteiger partial charge in [0.25, 0.3) is 0 Å². The van der Waals surface area contributed by atoms with Crippen molar-refractivity contribution in [2.45, 2.75) is 13.3 Å². The van der Waals surface area contributed by atoms with Crippen molar-refractivity contribution < 1.29 is 9.15 Å². The summed E-state index contributed by atoms with van der Waals surface area (Å²) in [6.45, 7) is 4.68. The van der Waals surface area contributed by atoms with E-state index in [4.69, 9.17) is 9.15 Å². The number of rotatable bonds is 7. The first-order chi connectivity index (χ1) is 9.31. The number of para-hydroxylation sites is 1. The van der Waals surface area contributed by atoms with Crippen LogP contribution in [0, 0.1) is 6.92 Å². The van der Waals surface area contributed by atoms with Gasteiger partial charge in [0.05, 0.1) is 6.61 Å². The van der Waals surface area contributed by atoms with Crippen LogP contribution in [0.2, 0.25) is 0 Å². The summed E-state index contributed by atoms with van der Waals surface area (Å²) in [7, 11) is 1.71. The summed E-state index contributed by atoms with van der Waals surface area (Å²) in [5.41, 5.74) is 2.17. The van der Waals surface area contributed by atoms with Crippen molar-refractivity contribution in [3.63, 3.8) is 0 Å². The molecule has 1 heterocycles. The van der Waals surface area contributed by atoms with Gasteiger partial charge in [-0.15, -0.1) is 0 Å². The first-order valence-corrected chi connectivity index (χ1v) is 6.66. The molecule has 3 nitrogen and oxygen atoms in total. The highest BCUT2D eigenvalue weighted by Gasteiger charge is 2.02. The Bertz CT molecular complexity index is 543. The predicted molar refractivity (Wildman–Crippen MR) is 79.3 cm³/mol. The lowest BCUT2D eigenvalue weighted by Crippen LogP contribution is -2.19. The Labute approximate surface area is 114 Å². The van der Waals surface area contributed by atoms with E-state index in [1.165, 1.54) is 5.56 Å². The lowest BCUT2D eigenvalue weighted by atomic mass is 10.2. The normalized spacial score (nSPS) is 11.7. The van der Waals surface area contributed by atoms with Gasteiger partial charge >= 0.3 is 0 Å². The highest BCUT2D eigenvalue weighted by atomic mass is 16.5. The molecule has 2 aromatic rings. The van der Waals surface area contributed by atoms with Gasteiger partial charge in [0.2, 0.25) is 0 Å². The van der Waals surface area contributed by atoms with Crippen molar-refractivity contribution in [2.75, 3.05) is 26.8 Å². The Hall–Kier alpha value is -1.58. The highest BCUT2D eigenvalue weighted by Crippen LogP contribution is 2.23. The van der Waals surface area contributed by atoms with Crippen LogP contribution in [0.25, 0.3) is 17.0 Å². The number of nitrogens with one attached hydrogen (secondary N) is 1. The molecule has 1 aromatic carbocycles. The lowest BCUT2D eigenvalue weighted by molar-refractivity contribution is 0.199. The number of furan rings is 1. The average Bonchev–Trinajstić information content (AvgIpc) is 2.82. The van der Waals surface area contributed by atoms with E-state index in [9.17, 15) is 0 Å². The van der Waals surface area contributed by atoms with Gasteiger partial charge in [-0.3, -0.25) is 0 Å². The van der Waals surface area contributed by atoms with Crippen molar-refractivity contribution in [1.29, 1.82) is 0 Å². The van der Waals surface area contributed by atoms with Gasteiger partial charge in [-0.1, -0.05) is 24.3 Å². The molecule has 0 saturated heterocycles. The van der Waals surface area contributed by atoms with E-state index in [2.05, 4.69) is 42.6 Å². The second kappa shape index (κ2) is 7.12. The highest BCUT2D eigenvalue weighted by molar-refractivity contribution is 5.82. The zero-order valence-corrected chi connectivity index (χ0v) is 11.6. The molecule has 3 heteroatoms. The molecule has 0 spiro atoms. The third-order valence-corrected chi connectivity index (χ3v) is 3.01. The first kappa shape index (κ1) is 13.8. The Morgan fingerprint density at radius 1 is 1.32 bits per heavy atom. The summed E-state index contributed by atoms with van der Waals surface area (Å²) in [5, 5.41) is 4.47. The van der Waals surface area contributed by atoms with Gasteiger partial charge in [0, 0.05) is 19.0 Å². The Morgan fingerprint density at radius 3 is 3.00 bits per heavy atom. The molecule has 0 bridgehead atoms. The fourth-order valence-electron chi connectivity index (χ4n) is 2.00. The van der Waals surface area contributed by atoms with Gasteiger partial charge in [-0.25, -0.2) is 0 Å².